The van der Waals surface area contributed by atoms with E-state index in [1.807, 2.05) is 30.3 Å². The Hall–Kier alpha value is -3.24. The average Bonchev–Trinajstić information content (AvgIpc) is 3.12. The van der Waals surface area contributed by atoms with E-state index in [0.29, 0.717) is 50.1 Å². The van der Waals surface area contributed by atoms with Crippen molar-refractivity contribution in [3.8, 4) is 0 Å². The summed E-state index contributed by atoms with van der Waals surface area (Å²) in [6.45, 7) is 2.61. The quantitative estimate of drug-likeness (QED) is 0.395. The van der Waals surface area contributed by atoms with E-state index in [9.17, 15) is 22.8 Å². The molecule has 2 aromatic rings. The smallest absolute Gasteiger partial charge is 0.261 e. The summed E-state index contributed by atoms with van der Waals surface area (Å²) in [4.78, 5) is 40.2. The Kier molecular flexibility index (Phi) is 7.82. The molecule has 186 valence electrons. The maximum atomic E-state index is 12.7. The number of fused-ring (bicyclic) bond motifs is 1. The Morgan fingerprint density at radius 1 is 0.829 bits per heavy atom. The summed E-state index contributed by atoms with van der Waals surface area (Å²) in [6.07, 6.45) is 0.828. The zero-order valence-electron chi connectivity index (χ0n) is 19.6. The number of anilines is 1. The highest BCUT2D eigenvalue weighted by atomic mass is 32.2. The fourth-order valence-corrected chi connectivity index (χ4v) is 5.89. The van der Waals surface area contributed by atoms with Gasteiger partial charge in [-0.05, 0) is 37.1 Å². The largest absolute Gasteiger partial charge is 0.369 e. The molecule has 0 bridgehead atoms. The molecule has 0 aliphatic carbocycles. The van der Waals surface area contributed by atoms with Gasteiger partial charge in [0.25, 0.3) is 11.8 Å². The van der Waals surface area contributed by atoms with Crippen LogP contribution in [0.15, 0.2) is 54.6 Å². The van der Waals surface area contributed by atoms with Crippen LogP contribution in [0.5, 0.6) is 0 Å². The van der Waals surface area contributed by atoms with Crippen LogP contribution in [0.2, 0.25) is 0 Å². The first-order valence-corrected chi connectivity index (χ1v) is 13.5. The number of nitrogens with one attached hydrogen (secondary N) is 1. The van der Waals surface area contributed by atoms with Crippen LogP contribution in [0.3, 0.4) is 0 Å². The molecule has 35 heavy (non-hydrogen) atoms. The number of nitrogens with zero attached hydrogens (tertiary/aromatic N) is 3. The van der Waals surface area contributed by atoms with Crippen LogP contribution in [0.1, 0.15) is 40.0 Å². The van der Waals surface area contributed by atoms with Crippen molar-refractivity contribution < 1.29 is 22.8 Å². The van der Waals surface area contributed by atoms with Gasteiger partial charge in [-0.25, -0.2) is 8.42 Å². The molecule has 4 rings (SSSR count). The van der Waals surface area contributed by atoms with E-state index in [1.165, 1.54) is 9.21 Å². The summed E-state index contributed by atoms with van der Waals surface area (Å²) in [5.41, 5.74) is 1.88. The molecule has 1 saturated heterocycles. The third-order valence-electron chi connectivity index (χ3n) is 6.32. The summed E-state index contributed by atoms with van der Waals surface area (Å²) in [5.74, 6) is -0.912. The summed E-state index contributed by atoms with van der Waals surface area (Å²) in [5, 5.41) is 2.73. The van der Waals surface area contributed by atoms with Crippen molar-refractivity contribution in [2.45, 2.75) is 19.3 Å². The number of sulfonamides is 1. The van der Waals surface area contributed by atoms with Crippen molar-refractivity contribution >= 4 is 33.4 Å². The summed E-state index contributed by atoms with van der Waals surface area (Å²) >= 11 is 0. The minimum Gasteiger partial charge on any atom is -0.369 e. The van der Waals surface area contributed by atoms with Crippen molar-refractivity contribution in [3.63, 3.8) is 0 Å². The summed E-state index contributed by atoms with van der Waals surface area (Å²) < 4.78 is 26.9. The van der Waals surface area contributed by atoms with Crippen molar-refractivity contribution in [3.05, 3.63) is 65.7 Å². The zero-order chi connectivity index (χ0) is 24.8. The molecule has 1 fully saturated rings. The van der Waals surface area contributed by atoms with Gasteiger partial charge < -0.3 is 10.2 Å². The van der Waals surface area contributed by atoms with Crippen LogP contribution in [-0.2, 0) is 14.8 Å². The number of benzene rings is 2. The molecule has 0 radical (unpaired) electrons. The molecule has 0 atom stereocenters. The lowest BCUT2D eigenvalue weighted by Gasteiger charge is -2.35. The van der Waals surface area contributed by atoms with E-state index < -0.39 is 10.0 Å². The average molecular weight is 499 g/mol. The van der Waals surface area contributed by atoms with Crippen LogP contribution in [0.4, 0.5) is 5.69 Å². The van der Waals surface area contributed by atoms with Gasteiger partial charge in [0.15, 0.2) is 0 Å². The van der Waals surface area contributed by atoms with Gasteiger partial charge in [0.2, 0.25) is 15.9 Å². The minimum atomic E-state index is -3.38. The first-order chi connectivity index (χ1) is 16.9. The van der Waals surface area contributed by atoms with Crippen molar-refractivity contribution in [1.29, 1.82) is 0 Å². The molecule has 0 unspecified atom stereocenters. The third-order valence-corrected chi connectivity index (χ3v) is 8.27. The molecular formula is C25H30N4O5S. The molecule has 2 aromatic carbocycles. The Balaban J connectivity index is 1.12. The number of hydrogen-bond donors (Lipinski definition) is 1. The minimum absolute atomic E-state index is 0.0202. The molecule has 2 aliphatic rings. The second-order valence-electron chi connectivity index (χ2n) is 8.65. The maximum Gasteiger partial charge on any atom is 0.261 e. The van der Waals surface area contributed by atoms with Crippen LogP contribution in [-0.4, -0.2) is 80.4 Å². The monoisotopic (exact) mass is 498 g/mol. The van der Waals surface area contributed by atoms with Crippen LogP contribution < -0.4 is 10.2 Å². The topological polar surface area (TPSA) is 107 Å². The first-order valence-electron chi connectivity index (χ1n) is 11.9. The second-order valence-corrected chi connectivity index (χ2v) is 10.7. The molecule has 1 N–H and O–H groups in total. The van der Waals surface area contributed by atoms with Gasteiger partial charge in [0.05, 0.1) is 16.9 Å². The van der Waals surface area contributed by atoms with E-state index in [1.54, 1.807) is 24.3 Å². The van der Waals surface area contributed by atoms with E-state index in [2.05, 4.69) is 10.2 Å². The van der Waals surface area contributed by atoms with E-state index in [0.717, 1.165) is 5.69 Å². The molecule has 2 heterocycles. The molecule has 2 aliphatic heterocycles. The van der Waals surface area contributed by atoms with Gasteiger partial charge in [-0.3, -0.25) is 19.3 Å². The third kappa shape index (κ3) is 5.88. The van der Waals surface area contributed by atoms with Crippen LogP contribution >= 0.6 is 0 Å². The van der Waals surface area contributed by atoms with Crippen molar-refractivity contribution in [1.82, 2.24) is 14.5 Å². The number of hydrogen-bond acceptors (Lipinski definition) is 6. The van der Waals surface area contributed by atoms with Crippen molar-refractivity contribution in [2.24, 2.45) is 0 Å². The Labute approximate surface area is 205 Å². The SMILES string of the molecule is O=C(CCCN1C(=O)c2ccccc2C1=O)NCCCS(=O)(=O)N1CCN(c2ccccc2)CC1. The lowest BCUT2D eigenvalue weighted by molar-refractivity contribution is -0.121. The van der Waals surface area contributed by atoms with E-state index in [4.69, 9.17) is 0 Å². The number of para-hydroxylation sites is 1. The molecule has 10 heteroatoms. The summed E-state index contributed by atoms with van der Waals surface area (Å²) in [6, 6.07) is 16.6. The molecular weight excluding hydrogens is 468 g/mol. The normalized spacial score (nSPS) is 16.5. The molecule has 9 nitrogen and oxygen atoms in total. The number of piperazine rings is 1. The summed E-state index contributed by atoms with van der Waals surface area (Å²) in [7, 11) is -3.38. The number of rotatable bonds is 10. The number of imide groups is 1. The Bertz CT molecular complexity index is 1140. The highest BCUT2D eigenvalue weighted by molar-refractivity contribution is 7.89. The maximum absolute atomic E-state index is 12.7. The standard InChI is InChI=1S/C25H30N4O5S/c30-23(12-6-14-29-24(31)21-10-4-5-11-22(21)25(29)32)26-13-7-19-35(33,34)28-17-15-27(16-18-28)20-8-2-1-3-9-20/h1-5,8-11H,6-7,12-19H2,(H,26,30). The predicted octanol–water partition coefficient (Wildman–Crippen LogP) is 1.72. The number of carbonyl (C=O) groups is 3. The van der Waals surface area contributed by atoms with Gasteiger partial charge >= 0.3 is 0 Å². The van der Waals surface area contributed by atoms with Gasteiger partial charge in [-0.1, -0.05) is 30.3 Å². The Morgan fingerprint density at radius 3 is 2.06 bits per heavy atom. The van der Waals surface area contributed by atoms with E-state index >= 15 is 0 Å². The van der Waals surface area contributed by atoms with E-state index in [-0.39, 0.29) is 43.0 Å². The molecule has 0 aromatic heterocycles. The number of carbonyl (C=O) groups excluding carboxylic acids is 3. The van der Waals surface area contributed by atoms with Gasteiger partial charge in [-0.2, -0.15) is 4.31 Å². The fourth-order valence-electron chi connectivity index (χ4n) is 4.40. The Morgan fingerprint density at radius 2 is 1.43 bits per heavy atom. The molecule has 0 saturated carbocycles. The number of amides is 3. The zero-order valence-corrected chi connectivity index (χ0v) is 20.4. The van der Waals surface area contributed by atoms with Gasteiger partial charge in [0, 0.05) is 51.4 Å². The highest BCUT2D eigenvalue weighted by Crippen LogP contribution is 2.22. The van der Waals surface area contributed by atoms with Crippen LogP contribution in [0.25, 0.3) is 0 Å². The second kappa shape index (κ2) is 11.0. The molecule has 3 amide bonds. The van der Waals surface area contributed by atoms with Gasteiger partial charge in [-0.15, -0.1) is 0 Å². The van der Waals surface area contributed by atoms with Gasteiger partial charge in [0.1, 0.15) is 0 Å². The lowest BCUT2D eigenvalue weighted by atomic mass is 10.1. The van der Waals surface area contributed by atoms with Crippen LogP contribution in [0, 0.1) is 0 Å². The lowest BCUT2D eigenvalue weighted by Crippen LogP contribution is -2.49. The fraction of sp³-hybridized carbons (Fsp3) is 0.400. The van der Waals surface area contributed by atoms with Crippen molar-refractivity contribution in [2.75, 3.05) is 49.9 Å². The molecule has 0 spiro atoms. The first kappa shape index (κ1) is 24.9. The predicted molar refractivity (Wildman–Crippen MR) is 133 cm³/mol. The highest BCUT2D eigenvalue weighted by Gasteiger charge is 2.34.